The number of nitrogens with zero attached hydrogens (tertiary/aromatic N) is 4. The molecule has 96 valence electrons. The average Bonchev–Trinajstić information content (AvgIpc) is 2.82. The molecule has 0 fully saturated rings. The van der Waals surface area contributed by atoms with Crippen molar-refractivity contribution < 1.29 is 0 Å². The minimum Gasteiger partial charge on any atom is -0.383 e. The number of hydrogen-bond acceptors (Lipinski definition) is 6. The first kappa shape index (κ1) is 11.8. The molecule has 6 nitrogen and oxygen atoms in total. The molecule has 0 bridgehead atoms. The van der Waals surface area contributed by atoms with Gasteiger partial charge in [0.25, 0.3) is 5.56 Å². The molecule has 3 rings (SSSR count). The van der Waals surface area contributed by atoms with Crippen LogP contribution in [-0.2, 0) is 6.54 Å². The lowest BCUT2D eigenvalue weighted by Gasteiger charge is -2.05. The minimum absolute atomic E-state index is 0.181. The summed E-state index contributed by atoms with van der Waals surface area (Å²) in [6.07, 6.45) is 0. The Kier molecular flexibility index (Phi) is 2.75. The molecule has 0 aromatic carbocycles. The Hall–Kier alpha value is -2.28. The summed E-state index contributed by atoms with van der Waals surface area (Å²) in [5.41, 5.74) is 6.46. The van der Waals surface area contributed by atoms with Gasteiger partial charge >= 0.3 is 0 Å². The highest BCUT2D eigenvalue weighted by Crippen LogP contribution is 2.22. The summed E-state index contributed by atoms with van der Waals surface area (Å²) >= 11 is 1.49. The number of anilines is 1. The van der Waals surface area contributed by atoms with Gasteiger partial charge in [0, 0.05) is 6.07 Å². The van der Waals surface area contributed by atoms with Gasteiger partial charge in [-0.2, -0.15) is 5.10 Å². The molecule has 7 heteroatoms. The zero-order chi connectivity index (χ0) is 13.4. The molecule has 0 saturated heterocycles. The first-order chi connectivity index (χ1) is 9.13. The van der Waals surface area contributed by atoms with Crippen LogP contribution >= 0.6 is 11.3 Å². The van der Waals surface area contributed by atoms with Gasteiger partial charge in [0.1, 0.15) is 17.2 Å². The number of fused-ring (bicyclic) bond motifs is 1. The molecule has 0 aliphatic rings. The fraction of sp³-hybridized carbons (Fsp3) is 0.167. The predicted molar refractivity (Wildman–Crippen MR) is 74.2 cm³/mol. The Morgan fingerprint density at radius 1 is 1.32 bits per heavy atom. The Bertz CT molecular complexity index is 807. The van der Waals surface area contributed by atoms with Crippen molar-refractivity contribution in [2.45, 2.75) is 13.5 Å². The summed E-state index contributed by atoms with van der Waals surface area (Å²) in [5, 5.41) is 6.91. The van der Waals surface area contributed by atoms with Crippen LogP contribution in [0.15, 0.2) is 28.4 Å². The summed E-state index contributed by atoms with van der Waals surface area (Å²) in [5.74, 6) is 0.926. The number of thiophene rings is 1. The maximum atomic E-state index is 11.7. The molecule has 0 radical (unpaired) electrons. The monoisotopic (exact) mass is 273 g/mol. The van der Waals surface area contributed by atoms with E-state index in [1.54, 1.807) is 6.07 Å². The van der Waals surface area contributed by atoms with Crippen molar-refractivity contribution in [3.8, 4) is 0 Å². The number of hydrogen-bond donors (Lipinski definition) is 1. The maximum Gasteiger partial charge on any atom is 0.267 e. The van der Waals surface area contributed by atoms with Crippen molar-refractivity contribution in [1.82, 2.24) is 19.7 Å². The van der Waals surface area contributed by atoms with E-state index in [1.807, 2.05) is 18.4 Å². The quantitative estimate of drug-likeness (QED) is 0.757. The number of aromatic nitrogens is 4. The number of aryl methyl sites for hydroxylation is 1. The topological polar surface area (TPSA) is 86.7 Å². The number of rotatable bonds is 2. The van der Waals surface area contributed by atoms with Crippen LogP contribution in [-0.4, -0.2) is 19.7 Å². The first-order valence-electron chi connectivity index (χ1n) is 5.68. The van der Waals surface area contributed by atoms with Gasteiger partial charge in [0.2, 0.25) is 0 Å². The van der Waals surface area contributed by atoms with E-state index in [2.05, 4.69) is 15.1 Å². The molecule has 0 atom stereocenters. The van der Waals surface area contributed by atoms with Crippen LogP contribution < -0.4 is 11.3 Å². The lowest BCUT2D eigenvalue weighted by Crippen LogP contribution is -2.24. The molecule has 0 spiro atoms. The largest absolute Gasteiger partial charge is 0.383 e. The second-order valence-corrected chi connectivity index (χ2v) is 5.03. The highest BCUT2D eigenvalue weighted by molar-refractivity contribution is 7.16. The third kappa shape index (κ3) is 2.19. The van der Waals surface area contributed by atoms with Gasteiger partial charge in [-0.05, 0) is 24.4 Å². The van der Waals surface area contributed by atoms with Crippen LogP contribution in [0.4, 0.5) is 5.82 Å². The molecule has 0 aliphatic heterocycles. The number of nitrogen functional groups attached to an aromatic ring is 1. The molecule has 3 aromatic rings. The van der Waals surface area contributed by atoms with Crippen molar-refractivity contribution in [3.05, 3.63) is 45.5 Å². The van der Waals surface area contributed by atoms with E-state index in [9.17, 15) is 4.79 Å². The van der Waals surface area contributed by atoms with Crippen molar-refractivity contribution in [2.24, 2.45) is 0 Å². The maximum absolute atomic E-state index is 11.7. The molecule has 0 unspecified atom stereocenters. The first-order valence-corrected chi connectivity index (χ1v) is 6.56. The highest BCUT2D eigenvalue weighted by atomic mass is 32.1. The third-order valence-corrected chi connectivity index (χ3v) is 3.50. The van der Waals surface area contributed by atoms with Crippen LogP contribution in [0.5, 0.6) is 0 Å². The number of nitrogens with two attached hydrogens (primary N) is 1. The standard InChI is InChI=1S/C12H11N5OS/c1-7-2-3-10(18)17(16-7)6-9-14-11(13)8-4-5-19-12(8)15-9/h2-5H,6H2,1H3,(H2,13,14,15). The molecule has 0 aliphatic carbocycles. The van der Waals surface area contributed by atoms with Crippen molar-refractivity contribution in [1.29, 1.82) is 0 Å². The fourth-order valence-electron chi connectivity index (χ4n) is 1.79. The summed E-state index contributed by atoms with van der Waals surface area (Å²) in [6.45, 7) is 2.05. The second kappa shape index (κ2) is 4.43. The van der Waals surface area contributed by atoms with E-state index in [-0.39, 0.29) is 12.1 Å². The van der Waals surface area contributed by atoms with Crippen LogP contribution in [0.1, 0.15) is 11.5 Å². The van der Waals surface area contributed by atoms with E-state index in [0.29, 0.717) is 11.6 Å². The summed E-state index contributed by atoms with van der Waals surface area (Å²) < 4.78 is 1.34. The highest BCUT2D eigenvalue weighted by Gasteiger charge is 2.08. The second-order valence-electron chi connectivity index (χ2n) is 4.14. The smallest absolute Gasteiger partial charge is 0.267 e. The Balaban J connectivity index is 2.05. The van der Waals surface area contributed by atoms with Gasteiger partial charge in [0.15, 0.2) is 5.82 Å². The van der Waals surface area contributed by atoms with E-state index < -0.39 is 0 Å². The van der Waals surface area contributed by atoms with Crippen molar-refractivity contribution >= 4 is 27.4 Å². The van der Waals surface area contributed by atoms with Gasteiger partial charge in [-0.1, -0.05) is 0 Å². The SMILES string of the molecule is Cc1ccc(=O)n(Cc2nc(N)c3ccsc3n2)n1. The van der Waals surface area contributed by atoms with Gasteiger partial charge in [0.05, 0.1) is 11.1 Å². The van der Waals surface area contributed by atoms with Gasteiger partial charge in [-0.15, -0.1) is 11.3 Å². The van der Waals surface area contributed by atoms with E-state index >= 15 is 0 Å². The van der Waals surface area contributed by atoms with Crippen molar-refractivity contribution in [2.75, 3.05) is 5.73 Å². The Labute approximate surface area is 112 Å². The van der Waals surface area contributed by atoms with Crippen LogP contribution in [0.25, 0.3) is 10.2 Å². The molecule has 19 heavy (non-hydrogen) atoms. The van der Waals surface area contributed by atoms with E-state index in [4.69, 9.17) is 5.73 Å². The normalized spacial score (nSPS) is 11.0. The Morgan fingerprint density at radius 3 is 3.00 bits per heavy atom. The summed E-state index contributed by atoms with van der Waals surface area (Å²) in [6, 6.07) is 5.04. The van der Waals surface area contributed by atoms with Crippen LogP contribution in [0.3, 0.4) is 0 Å². The van der Waals surface area contributed by atoms with Gasteiger partial charge < -0.3 is 5.73 Å². The summed E-state index contributed by atoms with van der Waals surface area (Å²) in [4.78, 5) is 21.1. The lowest BCUT2D eigenvalue weighted by atomic mass is 10.4. The zero-order valence-corrected chi connectivity index (χ0v) is 11.0. The Morgan fingerprint density at radius 2 is 2.16 bits per heavy atom. The third-order valence-electron chi connectivity index (χ3n) is 2.69. The van der Waals surface area contributed by atoms with Crippen LogP contribution in [0, 0.1) is 6.92 Å². The average molecular weight is 273 g/mol. The predicted octanol–water partition coefficient (Wildman–Crippen LogP) is 1.19. The zero-order valence-electron chi connectivity index (χ0n) is 10.2. The van der Waals surface area contributed by atoms with Crippen molar-refractivity contribution in [3.63, 3.8) is 0 Å². The lowest BCUT2D eigenvalue weighted by molar-refractivity contribution is 0.608. The van der Waals surface area contributed by atoms with Gasteiger partial charge in [-0.25, -0.2) is 14.6 Å². The fourth-order valence-corrected chi connectivity index (χ4v) is 2.58. The molecule has 3 heterocycles. The summed E-state index contributed by atoms with van der Waals surface area (Å²) in [7, 11) is 0. The van der Waals surface area contributed by atoms with Crippen LogP contribution in [0.2, 0.25) is 0 Å². The molecule has 2 N–H and O–H groups in total. The molecule has 0 amide bonds. The molecular formula is C12H11N5OS. The van der Waals surface area contributed by atoms with E-state index in [1.165, 1.54) is 22.1 Å². The molecule has 0 saturated carbocycles. The minimum atomic E-state index is -0.181. The van der Waals surface area contributed by atoms with E-state index in [0.717, 1.165) is 15.9 Å². The van der Waals surface area contributed by atoms with Gasteiger partial charge in [-0.3, -0.25) is 4.79 Å². The molecule has 3 aromatic heterocycles. The molecular weight excluding hydrogens is 262 g/mol.